The fraction of sp³-hybridized carbons (Fsp3) is 0.667. The molecule has 0 radical (unpaired) electrons. The third-order valence-corrected chi connectivity index (χ3v) is 8.87. The number of unbranched alkanes of at least 4 members (excludes halogenated alkanes) is 7. The van der Waals surface area contributed by atoms with E-state index in [1.165, 1.54) is 32.1 Å². The summed E-state index contributed by atoms with van der Waals surface area (Å²) in [4.78, 5) is 34.9. The van der Waals surface area contributed by atoms with Gasteiger partial charge < -0.3 is 29.7 Å². The molecule has 11 nitrogen and oxygen atoms in total. The Morgan fingerprint density at radius 2 is 1.19 bits per heavy atom. The molecule has 310 valence electrons. The van der Waals surface area contributed by atoms with Crippen molar-refractivity contribution in [1.82, 2.24) is 0 Å². The first kappa shape index (κ1) is 51.4. The molecule has 0 aliphatic carbocycles. The zero-order valence-electron chi connectivity index (χ0n) is 33.2. The number of carbonyl (C=O) groups is 2. The molecule has 0 aromatic carbocycles. The van der Waals surface area contributed by atoms with E-state index < -0.39 is 64.5 Å². The number of allylic oxidation sites excluding steroid dienone is 11. The number of phosphoric acid groups is 1. The number of aliphatic hydroxyl groups is 3. The van der Waals surface area contributed by atoms with Crippen LogP contribution in [-0.4, -0.2) is 76.9 Å². The van der Waals surface area contributed by atoms with Gasteiger partial charge in [0.15, 0.2) is 6.10 Å². The molecule has 0 aromatic heterocycles. The molecule has 4 N–H and O–H groups in total. The summed E-state index contributed by atoms with van der Waals surface area (Å²) >= 11 is 0. The van der Waals surface area contributed by atoms with Crippen LogP contribution in [0.2, 0.25) is 0 Å². The van der Waals surface area contributed by atoms with Gasteiger partial charge in [0, 0.05) is 12.8 Å². The van der Waals surface area contributed by atoms with E-state index in [4.69, 9.17) is 19.1 Å². The molecule has 0 aliphatic rings. The monoisotopic (exact) mass is 782 g/mol. The second kappa shape index (κ2) is 36.0. The zero-order valence-corrected chi connectivity index (χ0v) is 34.1. The molecule has 0 saturated carbocycles. The fourth-order valence-corrected chi connectivity index (χ4v) is 5.60. The zero-order chi connectivity index (χ0) is 40.1. The maximum Gasteiger partial charge on any atom is 0.472 e. The minimum atomic E-state index is -4.68. The molecular formula is C42H71O11P. The molecule has 0 fully saturated rings. The average molecular weight is 783 g/mol. The maximum absolute atomic E-state index is 12.6. The van der Waals surface area contributed by atoms with Gasteiger partial charge in [0.05, 0.1) is 25.9 Å². The molecule has 4 atom stereocenters. The summed E-state index contributed by atoms with van der Waals surface area (Å²) < 4.78 is 32.4. The lowest BCUT2D eigenvalue weighted by molar-refractivity contribution is -0.161. The van der Waals surface area contributed by atoms with Crippen molar-refractivity contribution in [3.05, 3.63) is 72.9 Å². The van der Waals surface area contributed by atoms with E-state index in [0.717, 1.165) is 57.3 Å². The largest absolute Gasteiger partial charge is 0.472 e. The lowest BCUT2D eigenvalue weighted by atomic mass is 10.0. The molecule has 12 heteroatoms. The number of carbonyl (C=O) groups excluding carboxylic acids is 2. The van der Waals surface area contributed by atoms with Crippen LogP contribution in [0.1, 0.15) is 130 Å². The SMILES string of the molecule is CC/C=C\C/C=C\C/C=C\C/C=C\C/C=C\C=C/C(O)CCC(=O)O[C@H](COC(=O)CCCCCCCCCCC(C)C)COP(=O)(O)OC[C@@H](O)CO. The Hall–Kier alpha value is -2.63. The number of hydrogen-bond donors (Lipinski definition) is 4. The predicted octanol–water partition coefficient (Wildman–Crippen LogP) is 8.93. The number of hydrogen-bond acceptors (Lipinski definition) is 10. The fourth-order valence-electron chi connectivity index (χ4n) is 4.82. The van der Waals surface area contributed by atoms with Crippen LogP contribution in [0.4, 0.5) is 0 Å². The summed E-state index contributed by atoms with van der Waals surface area (Å²) in [6.45, 7) is 4.22. The molecule has 0 heterocycles. The van der Waals surface area contributed by atoms with Crippen molar-refractivity contribution >= 4 is 19.8 Å². The highest BCUT2D eigenvalue weighted by molar-refractivity contribution is 7.47. The minimum Gasteiger partial charge on any atom is -0.462 e. The maximum atomic E-state index is 12.6. The Labute approximate surface area is 325 Å². The Morgan fingerprint density at radius 1 is 0.648 bits per heavy atom. The Morgan fingerprint density at radius 3 is 1.76 bits per heavy atom. The van der Waals surface area contributed by atoms with Gasteiger partial charge in [-0.3, -0.25) is 18.6 Å². The van der Waals surface area contributed by atoms with E-state index in [1.807, 2.05) is 12.2 Å². The lowest BCUT2D eigenvalue weighted by Crippen LogP contribution is -2.30. The number of rotatable bonds is 35. The number of ether oxygens (including phenoxy) is 2. The molecular weight excluding hydrogens is 711 g/mol. The van der Waals surface area contributed by atoms with Gasteiger partial charge in [-0.1, -0.05) is 145 Å². The van der Waals surface area contributed by atoms with E-state index in [1.54, 1.807) is 12.2 Å². The van der Waals surface area contributed by atoms with Gasteiger partial charge in [-0.2, -0.15) is 0 Å². The standard InChI is InChI=1S/C42H71O11P/c1-4-5-6-7-8-9-10-11-12-13-14-15-16-20-23-26-29-38(44)31-32-42(47)53-40(36-52-54(48,49)51-34-39(45)33-43)35-50-41(46)30-27-24-21-18-17-19-22-25-28-37(2)3/h5-6,8-9,11-12,14-15,20,23,26,29,37-40,43-45H,4,7,10,13,16-19,21-22,24-25,27-28,30-36H2,1-3H3,(H,48,49)/b6-5-,9-8-,12-11-,15-14-,23-20-,29-26-/t38?,39-,40+/m0/s1. The summed E-state index contributed by atoms with van der Waals surface area (Å²) in [7, 11) is -4.68. The highest BCUT2D eigenvalue weighted by atomic mass is 31.2. The summed E-state index contributed by atoms with van der Waals surface area (Å²) in [5.74, 6) is -0.471. The number of phosphoric ester groups is 1. The summed E-state index contributed by atoms with van der Waals surface area (Å²) in [6, 6.07) is 0. The molecule has 0 bridgehead atoms. The minimum absolute atomic E-state index is 0.0615. The van der Waals surface area contributed by atoms with Gasteiger partial charge in [0.2, 0.25) is 0 Å². The van der Waals surface area contributed by atoms with Gasteiger partial charge in [0.1, 0.15) is 12.7 Å². The van der Waals surface area contributed by atoms with Crippen molar-refractivity contribution in [1.29, 1.82) is 0 Å². The van der Waals surface area contributed by atoms with Crippen molar-refractivity contribution in [2.75, 3.05) is 26.4 Å². The number of aliphatic hydroxyl groups excluding tert-OH is 3. The topological polar surface area (TPSA) is 169 Å². The van der Waals surface area contributed by atoms with Crippen LogP contribution in [0.5, 0.6) is 0 Å². The van der Waals surface area contributed by atoms with Crippen molar-refractivity contribution < 1.29 is 52.9 Å². The molecule has 0 rings (SSSR count). The summed E-state index contributed by atoms with van der Waals surface area (Å²) in [5, 5.41) is 28.6. The Kier molecular flexibility index (Phi) is 34.3. The van der Waals surface area contributed by atoms with Crippen molar-refractivity contribution in [2.45, 2.75) is 148 Å². The van der Waals surface area contributed by atoms with Crippen LogP contribution in [0.15, 0.2) is 72.9 Å². The van der Waals surface area contributed by atoms with E-state index in [-0.39, 0.29) is 19.3 Å². The lowest BCUT2D eigenvalue weighted by Gasteiger charge is -2.20. The Bertz CT molecular complexity index is 1160. The van der Waals surface area contributed by atoms with E-state index in [9.17, 15) is 29.3 Å². The Balaban J connectivity index is 4.62. The van der Waals surface area contributed by atoms with E-state index >= 15 is 0 Å². The van der Waals surface area contributed by atoms with E-state index in [0.29, 0.717) is 6.42 Å². The normalized spacial score (nSPS) is 15.4. The second-order valence-electron chi connectivity index (χ2n) is 13.6. The quantitative estimate of drug-likeness (QED) is 0.0159. The summed E-state index contributed by atoms with van der Waals surface area (Å²) in [6.07, 6.45) is 35.1. The van der Waals surface area contributed by atoms with Gasteiger partial charge in [-0.05, 0) is 50.9 Å². The molecule has 0 aromatic rings. The molecule has 0 spiro atoms. The van der Waals surface area contributed by atoms with Crippen LogP contribution >= 0.6 is 7.82 Å². The second-order valence-corrected chi connectivity index (χ2v) is 15.1. The van der Waals surface area contributed by atoms with Crippen LogP contribution in [0, 0.1) is 5.92 Å². The summed E-state index contributed by atoms with van der Waals surface area (Å²) in [5.41, 5.74) is 0. The molecule has 0 amide bonds. The number of esters is 2. The first-order chi connectivity index (χ1) is 26.0. The smallest absolute Gasteiger partial charge is 0.462 e. The van der Waals surface area contributed by atoms with Crippen molar-refractivity contribution in [3.63, 3.8) is 0 Å². The third-order valence-electron chi connectivity index (χ3n) is 7.92. The predicted molar refractivity (Wildman–Crippen MR) is 216 cm³/mol. The van der Waals surface area contributed by atoms with E-state index in [2.05, 4.69) is 73.9 Å². The van der Waals surface area contributed by atoms with Crippen LogP contribution in [0.25, 0.3) is 0 Å². The van der Waals surface area contributed by atoms with Crippen LogP contribution in [0.3, 0.4) is 0 Å². The molecule has 0 aliphatic heterocycles. The average Bonchev–Trinajstić information content (AvgIpc) is 3.14. The first-order valence-corrected chi connectivity index (χ1v) is 21.4. The van der Waals surface area contributed by atoms with Gasteiger partial charge in [0.25, 0.3) is 0 Å². The van der Waals surface area contributed by atoms with Gasteiger partial charge in [-0.25, -0.2) is 4.57 Å². The first-order valence-electron chi connectivity index (χ1n) is 19.9. The molecule has 54 heavy (non-hydrogen) atoms. The van der Waals surface area contributed by atoms with Gasteiger partial charge >= 0.3 is 19.8 Å². The van der Waals surface area contributed by atoms with Crippen LogP contribution in [-0.2, 0) is 32.7 Å². The van der Waals surface area contributed by atoms with Gasteiger partial charge in [-0.15, -0.1) is 0 Å². The third kappa shape index (κ3) is 36.4. The highest BCUT2D eigenvalue weighted by Crippen LogP contribution is 2.43. The highest BCUT2D eigenvalue weighted by Gasteiger charge is 2.27. The van der Waals surface area contributed by atoms with Crippen molar-refractivity contribution in [2.24, 2.45) is 5.92 Å². The molecule has 2 unspecified atom stereocenters. The van der Waals surface area contributed by atoms with Crippen LogP contribution < -0.4 is 0 Å². The molecule has 0 saturated heterocycles. The van der Waals surface area contributed by atoms with Crippen molar-refractivity contribution in [3.8, 4) is 0 Å².